The van der Waals surface area contributed by atoms with E-state index >= 15 is 0 Å². The fourth-order valence-corrected chi connectivity index (χ4v) is 3.48. The van der Waals surface area contributed by atoms with E-state index in [-0.39, 0.29) is 28.6 Å². The molecular formula is C22H21NO5. The zero-order valence-electron chi connectivity index (χ0n) is 15.7. The van der Waals surface area contributed by atoms with Crippen molar-refractivity contribution in [1.29, 1.82) is 0 Å². The molecule has 0 saturated heterocycles. The summed E-state index contributed by atoms with van der Waals surface area (Å²) in [6, 6.07) is 8.27. The Bertz CT molecular complexity index is 1110. The van der Waals surface area contributed by atoms with Crippen LogP contribution < -0.4 is 9.47 Å². The van der Waals surface area contributed by atoms with Crippen molar-refractivity contribution in [3.05, 3.63) is 53.4 Å². The highest BCUT2D eigenvalue weighted by Gasteiger charge is 2.31. The standard InChI is InChI=1S/C22H21NO5/c1-3-4-7-23-12-13(16-6-5-15(27-2)11-17(16)23)8-20-22(26)21-18(25)9-14(24)10-19(21)28-20/h5-6,8-12,24-25H,3-4,7H2,1-2H3/b20-8-. The van der Waals surface area contributed by atoms with E-state index in [4.69, 9.17) is 9.47 Å². The molecule has 1 aliphatic heterocycles. The maximum atomic E-state index is 12.7. The van der Waals surface area contributed by atoms with Gasteiger partial charge in [0.25, 0.3) is 0 Å². The number of phenols is 2. The summed E-state index contributed by atoms with van der Waals surface area (Å²) in [4.78, 5) is 12.7. The third-order valence-corrected chi connectivity index (χ3v) is 4.90. The molecule has 0 amide bonds. The molecular weight excluding hydrogens is 358 g/mol. The molecule has 0 radical (unpaired) electrons. The lowest BCUT2D eigenvalue weighted by Gasteiger charge is -2.05. The number of carbonyl (C=O) groups is 1. The van der Waals surface area contributed by atoms with Crippen LogP contribution in [0, 0.1) is 0 Å². The first kappa shape index (κ1) is 18.0. The molecule has 1 aromatic heterocycles. The number of unbranched alkanes of at least 4 members (excludes halogenated alkanes) is 1. The van der Waals surface area contributed by atoms with Gasteiger partial charge in [0.1, 0.15) is 28.6 Å². The number of benzene rings is 2. The molecule has 144 valence electrons. The van der Waals surface area contributed by atoms with E-state index in [0.29, 0.717) is 0 Å². The van der Waals surface area contributed by atoms with Gasteiger partial charge in [-0.05, 0) is 24.6 Å². The number of ketones is 1. The number of aryl methyl sites for hydroxylation is 1. The number of aromatic nitrogens is 1. The zero-order valence-corrected chi connectivity index (χ0v) is 15.7. The Morgan fingerprint density at radius 2 is 2.04 bits per heavy atom. The van der Waals surface area contributed by atoms with Gasteiger partial charge in [-0.2, -0.15) is 0 Å². The van der Waals surface area contributed by atoms with E-state index in [2.05, 4.69) is 11.5 Å². The molecule has 2 heterocycles. The van der Waals surface area contributed by atoms with Crippen molar-refractivity contribution in [2.45, 2.75) is 26.3 Å². The number of phenolic OH excluding ortho intramolecular Hbond substituents is 2. The summed E-state index contributed by atoms with van der Waals surface area (Å²) in [6.45, 7) is 2.99. The van der Waals surface area contributed by atoms with Crippen molar-refractivity contribution >= 4 is 22.8 Å². The molecule has 0 saturated carbocycles. The Hall–Kier alpha value is -3.41. The second-order valence-corrected chi connectivity index (χ2v) is 6.79. The summed E-state index contributed by atoms with van der Waals surface area (Å²) in [5.41, 5.74) is 1.93. The van der Waals surface area contributed by atoms with Crippen LogP contribution in [-0.4, -0.2) is 27.7 Å². The van der Waals surface area contributed by atoms with Crippen LogP contribution in [0.5, 0.6) is 23.0 Å². The molecule has 0 bridgehead atoms. The molecule has 4 rings (SSSR count). The first-order valence-corrected chi connectivity index (χ1v) is 9.19. The first-order valence-electron chi connectivity index (χ1n) is 9.19. The molecule has 1 aliphatic rings. The monoisotopic (exact) mass is 379 g/mol. The van der Waals surface area contributed by atoms with E-state index < -0.39 is 5.78 Å². The average molecular weight is 379 g/mol. The Morgan fingerprint density at radius 1 is 1.21 bits per heavy atom. The minimum atomic E-state index is -0.407. The van der Waals surface area contributed by atoms with Crippen molar-refractivity contribution < 1.29 is 24.5 Å². The van der Waals surface area contributed by atoms with Crippen LogP contribution in [-0.2, 0) is 6.54 Å². The van der Waals surface area contributed by atoms with Crippen molar-refractivity contribution in [3.63, 3.8) is 0 Å². The van der Waals surface area contributed by atoms with E-state index in [1.54, 1.807) is 13.2 Å². The maximum absolute atomic E-state index is 12.7. The molecule has 0 aliphatic carbocycles. The quantitative estimate of drug-likeness (QED) is 0.639. The summed E-state index contributed by atoms with van der Waals surface area (Å²) in [5, 5.41) is 20.6. The number of fused-ring (bicyclic) bond motifs is 2. The molecule has 2 aromatic carbocycles. The van der Waals surface area contributed by atoms with Gasteiger partial charge in [0.05, 0.1) is 12.6 Å². The fourth-order valence-electron chi connectivity index (χ4n) is 3.48. The lowest BCUT2D eigenvalue weighted by atomic mass is 10.1. The van der Waals surface area contributed by atoms with Crippen molar-refractivity contribution in [3.8, 4) is 23.0 Å². The van der Waals surface area contributed by atoms with Gasteiger partial charge >= 0.3 is 0 Å². The van der Waals surface area contributed by atoms with Crippen LogP contribution in [0.1, 0.15) is 35.7 Å². The molecule has 6 heteroatoms. The first-order chi connectivity index (χ1) is 13.5. The number of hydrogen-bond donors (Lipinski definition) is 2. The largest absolute Gasteiger partial charge is 0.508 e. The highest BCUT2D eigenvalue weighted by molar-refractivity contribution is 6.16. The molecule has 3 aromatic rings. The number of carbonyl (C=O) groups excluding carboxylic acids is 1. The van der Waals surface area contributed by atoms with Crippen LogP contribution >= 0.6 is 0 Å². The van der Waals surface area contributed by atoms with E-state index in [9.17, 15) is 15.0 Å². The molecule has 28 heavy (non-hydrogen) atoms. The summed E-state index contributed by atoms with van der Waals surface area (Å²) >= 11 is 0. The average Bonchev–Trinajstić information content (AvgIpc) is 3.17. The van der Waals surface area contributed by atoms with Crippen molar-refractivity contribution in [1.82, 2.24) is 4.57 Å². The number of aromatic hydroxyl groups is 2. The minimum absolute atomic E-state index is 0.0699. The predicted octanol–water partition coefficient (Wildman–Crippen LogP) is 4.48. The highest BCUT2D eigenvalue weighted by atomic mass is 16.5. The second kappa shape index (κ2) is 6.96. The number of ether oxygens (including phenoxy) is 2. The van der Waals surface area contributed by atoms with Gasteiger partial charge in [-0.3, -0.25) is 4.79 Å². The van der Waals surface area contributed by atoms with E-state index in [0.717, 1.165) is 47.7 Å². The lowest BCUT2D eigenvalue weighted by molar-refractivity contribution is 0.101. The number of hydrogen-bond acceptors (Lipinski definition) is 5. The SMILES string of the molecule is CCCCn1cc(/C=C2\Oc3cc(O)cc(O)c3C2=O)c2ccc(OC)cc21. The summed E-state index contributed by atoms with van der Waals surface area (Å²) in [6.07, 6.45) is 5.77. The Balaban J connectivity index is 1.79. The predicted molar refractivity (Wildman–Crippen MR) is 106 cm³/mol. The second-order valence-electron chi connectivity index (χ2n) is 6.79. The number of allylic oxidation sites excluding steroid dienone is 1. The lowest BCUT2D eigenvalue weighted by Crippen LogP contribution is -1.98. The van der Waals surface area contributed by atoms with E-state index in [1.807, 2.05) is 24.4 Å². The van der Waals surface area contributed by atoms with Crippen LogP contribution in [0.2, 0.25) is 0 Å². The highest BCUT2D eigenvalue weighted by Crippen LogP contribution is 2.41. The molecule has 2 N–H and O–H groups in total. The van der Waals surface area contributed by atoms with Gasteiger partial charge < -0.3 is 24.3 Å². The topological polar surface area (TPSA) is 80.9 Å². The number of Topliss-reactive ketones (excluding diaryl/α,β-unsaturated/α-hetero) is 1. The van der Waals surface area contributed by atoms with Crippen LogP contribution in [0.3, 0.4) is 0 Å². The zero-order chi connectivity index (χ0) is 19.8. The number of rotatable bonds is 5. The van der Waals surface area contributed by atoms with Gasteiger partial charge in [-0.15, -0.1) is 0 Å². The van der Waals surface area contributed by atoms with Gasteiger partial charge in [0.2, 0.25) is 5.78 Å². The maximum Gasteiger partial charge on any atom is 0.235 e. The number of nitrogens with zero attached hydrogens (tertiary/aromatic N) is 1. The molecule has 6 nitrogen and oxygen atoms in total. The molecule has 0 fully saturated rings. The Morgan fingerprint density at radius 3 is 2.79 bits per heavy atom. The Kier molecular flexibility index (Phi) is 4.47. The van der Waals surface area contributed by atoms with Crippen molar-refractivity contribution in [2.24, 2.45) is 0 Å². The third kappa shape index (κ3) is 2.97. The van der Waals surface area contributed by atoms with Crippen LogP contribution in [0.15, 0.2) is 42.3 Å². The van der Waals surface area contributed by atoms with Crippen LogP contribution in [0.4, 0.5) is 0 Å². The Labute approximate surface area is 162 Å². The third-order valence-electron chi connectivity index (χ3n) is 4.90. The fraction of sp³-hybridized carbons (Fsp3) is 0.227. The smallest absolute Gasteiger partial charge is 0.235 e. The minimum Gasteiger partial charge on any atom is -0.508 e. The molecule has 0 spiro atoms. The van der Waals surface area contributed by atoms with Gasteiger partial charge in [0, 0.05) is 41.9 Å². The van der Waals surface area contributed by atoms with Crippen molar-refractivity contribution in [2.75, 3.05) is 7.11 Å². The molecule has 0 atom stereocenters. The van der Waals surface area contributed by atoms with Crippen LogP contribution in [0.25, 0.3) is 17.0 Å². The summed E-state index contributed by atoms with van der Waals surface area (Å²) < 4.78 is 13.1. The summed E-state index contributed by atoms with van der Waals surface area (Å²) in [5.74, 6) is 0.178. The molecule has 0 unspecified atom stereocenters. The summed E-state index contributed by atoms with van der Waals surface area (Å²) in [7, 11) is 1.63. The van der Waals surface area contributed by atoms with E-state index in [1.165, 1.54) is 6.07 Å². The normalized spacial score (nSPS) is 14.5. The van der Waals surface area contributed by atoms with Gasteiger partial charge in [0.15, 0.2) is 5.76 Å². The number of methoxy groups -OCH3 is 1. The van der Waals surface area contributed by atoms with Gasteiger partial charge in [-0.25, -0.2) is 0 Å². The van der Waals surface area contributed by atoms with Gasteiger partial charge in [-0.1, -0.05) is 13.3 Å².